The minimum Gasteiger partial charge on any atom is -0.456 e. The fourth-order valence-electron chi connectivity index (χ4n) is 4.46. The van der Waals surface area contributed by atoms with Crippen molar-refractivity contribution >= 4 is 21.7 Å². The number of nitrogens with zero attached hydrogens (tertiary/aromatic N) is 1. The Morgan fingerprint density at radius 2 is 1.90 bits per heavy atom. The number of hydrogen-bond acceptors (Lipinski definition) is 7. The number of pyridine rings is 1. The summed E-state index contributed by atoms with van der Waals surface area (Å²) in [5.74, 6) is 0.225. The SMILES string of the molecule is CCn1c(NC2=C(F)C=C(C)CC2)c(C(O)NC2CC2)c(Oc2cccc(NS(=O)(=O)NC)c2C)c(C)c1=O. The quantitative estimate of drug-likeness (QED) is 0.259. The summed E-state index contributed by atoms with van der Waals surface area (Å²) in [7, 11) is -2.49. The number of allylic oxidation sites excluding steroid dienone is 4. The molecule has 1 saturated carbocycles. The maximum atomic E-state index is 14.9. The summed E-state index contributed by atoms with van der Waals surface area (Å²) in [6.07, 6.45) is 3.12. The molecule has 0 spiro atoms. The lowest BCUT2D eigenvalue weighted by Gasteiger charge is -2.27. The number of nitrogens with one attached hydrogen (secondary N) is 4. The molecule has 4 rings (SSSR count). The number of anilines is 2. The van der Waals surface area contributed by atoms with Crippen LogP contribution in [-0.4, -0.2) is 31.2 Å². The van der Waals surface area contributed by atoms with Crippen LogP contribution in [0, 0.1) is 13.8 Å². The molecule has 39 heavy (non-hydrogen) atoms. The Labute approximate surface area is 228 Å². The van der Waals surface area contributed by atoms with E-state index in [0.29, 0.717) is 24.1 Å². The molecule has 1 atom stereocenters. The standard InChI is InChI=1S/C27H36FN5O5S/c1-6-33-25(31-21-13-10-15(2)14-19(21)28)23(26(34)30-18-11-12-18)24(17(4)27(33)35)38-22-9-7-8-20(16(22)3)32-39(36,37)29-5/h7-9,14,18,26,29-32,34H,6,10-13H2,1-5H3. The molecule has 10 nitrogen and oxygen atoms in total. The van der Waals surface area contributed by atoms with Gasteiger partial charge in [0.25, 0.3) is 15.8 Å². The molecule has 0 amide bonds. The molecule has 5 N–H and O–H groups in total. The zero-order valence-electron chi connectivity index (χ0n) is 22.8. The molecule has 12 heteroatoms. The van der Waals surface area contributed by atoms with Crippen LogP contribution >= 0.6 is 0 Å². The highest BCUT2D eigenvalue weighted by Crippen LogP contribution is 2.40. The number of halogens is 1. The number of aliphatic hydroxyl groups excluding tert-OH is 1. The normalized spacial score (nSPS) is 16.6. The first kappa shape index (κ1) is 28.8. The summed E-state index contributed by atoms with van der Waals surface area (Å²) in [5.41, 5.74) is 2.16. The summed E-state index contributed by atoms with van der Waals surface area (Å²) in [5, 5.41) is 17.7. The first-order chi connectivity index (χ1) is 18.5. The van der Waals surface area contributed by atoms with Gasteiger partial charge in [0.1, 0.15) is 29.4 Å². The van der Waals surface area contributed by atoms with Crippen molar-refractivity contribution in [3.63, 3.8) is 0 Å². The highest BCUT2D eigenvalue weighted by atomic mass is 32.2. The van der Waals surface area contributed by atoms with Gasteiger partial charge in [0, 0.05) is 25.2 Å². The summed E-state index contributed by atoms with van der Waals surface area (Å²) in [6, 6.07) is 4.96. The van der Waals surface area contributed by atoms with E-state index >= 15 is 0 Å². The molecule has 1 aromatic carbocycles. The molecule has 1 aromatic heterocycles. The number of aliphatic hydroxyl groups is 1. The second-order valence-electron chi connectivity index (χ2n) is 9.89. The molecule has 0 radical (unpaired) electrons. The lowest BCUT2D eigenvalue weighted by Crippen LogP contribution is -2.32. The molecule has 1 fully saturated rings. The van der Waals surface area contributed by atoms with Crippen molar-refractivity contribution in [1.82, 2.24) is 14.6 Å². The van der Waals surface area contributed by atoms with Gasteiger partial charge >= 0.3 is 0 Å². The van der Waals surface area contributed by atoms with E-state index in [9.17, 15) is 22.7 Å². The Balaban J connectivity index is 1.88. The maximum Gasteiger partial charge on any atom is 0.298 e. The van der Waals surface area contributed by atoms with Gasteiger partial charge in [0.15, 0.2) is 0 Å². The molecular weight excluding hydrogens is 525 g/mol. The van der Waals surface area contributed by atoms with E-state index < -0.39 is 22.3 Å². The molecule has 0 saturated heterocycles. The second kappa shape index (κ2) is 11.5. The van der Waals surface area contributed by atoms with Crippen molar-refractivity contribution in [2.75, 3.05) is 17.1 Å². The fourth-order valence-corrected chi connectivity index (χ4v) is 5.07. The first-order valence-electron chi connectivity index (χ1n) is 13.0. The van der Waals surface area contributed by atoms with Gasteiger partial charge in [0.2, 0.25) is 0 Å². The Kier molecular flexibility index (Phi) is 8.50. The number of aromatic nitrogens is 1. The first-order valence-corrected chi connectivity index (χ1v) is 14.5. The van der Waals surface area contributed by atoms with Crippen molar-refractivity contribution in [1.29, 1.82) is 0 Å². The fraction of sp³-hybridized carbons (Fsp3) is 0.444. The predicted octanol–water partition coefficient (Wildman–Crippen LogP) is 4.23. The minimum absolute atomic E-state index is 0.111. The van der Waals surface area contributed by atoms with Crippen LogP contribution in [0.3, 0.4) is 0 Å². The van der Waals surface area contributed by atoms with Gasteiger partial charge in [-0.05, 0) is 71.6 Å². The van der Waals surface area contributed by atoms with Gasteiger partial charge < -0.3 is 15.2 Å². The van der Waals surface area contributed by atoms with Crippen molar-refractivity contribution < 1.29 is 22.7 Å². The third-order valence-electron chi connectivity index (χ3n) is 6.95. The monoisotopic (exact) mass is 561 g/mol. The zero-order valence-corrected chi connectivity index (χ0v) is 23.6. The molecule has 1 unspecified atom stereocenters. The van der Waals surface area contributed by atoms with Crippen LogP contribution in [0.1, 0.15) is 62.4 Å². The second-order valence-corrected chi connectivity index (χ2v) is 11.5. The Hall–Kier alpha value is -3.19. The summed E-state index contributed by atoms with van der Waals surface area (Å²) >= 11 is 0. The molecule has 0 bridgehead atoms. The van der Waals surface area contributed by atoms with E-state index in [2.05, 4.69) is 20.1 Å². The predicted molar refractivity (Wildman–Crippen MR) is 150 cm³/mol. The molecular formula is C27H36FN5O5S. The van der Waals surface area contributed by atoms with Gasteiger partial charge in [0.05, 0.1) is 22.5 Å². The third-order valence-corrected chi connectivity index (χ3v) is 7.97. The summed E-state index contributed by atoms with van der Waals surface area (Å²) in [6.45, 7) is 7.22. The van der Waals surface area contributed by atoms with Gasteiger partial charge in [-0.3, -0.25) is 19.4 Å². The van der Waals surface area contributed by atoms with Crippen molar-refractivity contribution in [3.05, 3.63) is 68.4 Å². The van der Waals surface area contributed by atoms with Crippen molar-refractivity contribution in [3.8, 4) is 11.5 Å². The van der Waals surface area contributed by atoms with Gasteiger partial charge in [-0.25, -0.2) is 9.11 Å². The van der Waals surface area contributed by atoms with Crippen LogP contribution < -0.4 is 30.4 Å². The average Bonchev–Trinajstić information content (AvgIpc) is 3.70. The van der Waals surface area contributed by atoms with Crippen LogP contribution in [0.2, 0.25) is 0 Å². The highest BCUT2D eigenvalue weighted by Gasteiger charge is 2.32. The smallest absolute Gasteiger partial charge is 0.298 e. The zero-order chi connectivity index (χ0) is 28.5. The van der Waals surface area contributed by atoms with Gasteiger partial charge in [-0.1, -0.05) is 11.6 Å². The number of hydrogen-bond donors (Lipinski definition) is 5. The molecule has 212 valence electrons. The topological polar surface area (TPSA) is 134 Å². The van der Waals surface area contributed by atoms with Crippen LogP contribution in [0.25, 0.3) is 0 Å². The molecule has 2 aliphatic rings. The van der Waals surface area contributed by atoms with Gasteiger partial charge in [-0.15, -0.1) is 0 Å². The summed E-state index contributed by atoms with van der Waals surface area (Å²) < 4.78 is 51.6. The van der Waals surface area contributed by atoms with Crippen molar-refractivity contribution in [2.45, 2.75) is 72.2 Å². The van der Waals surface area contributed by atoms with Crippen LogP contribution in [-0.2, 0) is 16.8 Å². The number of rotatable bonds is 11. The Morgan fingerprint density at radius 3 is 2.51 bits per heavy atom. The van der Waals surface area contributed by atoms with E-state index in [4.69, 9.17) is 4.74 Å². The summed E-state index contributed by atoms with van der Waals surface area (Å²) in [4.78, 5) is 13.5. The molecule has 0 aliphatic heterocycles. The third kappa shape index (κ3) is 6.35. The number of benzene rings is 1. The van der Waals surface area contributed by atoms with Crippen molar-refractivity contribution in [2.24, 2.45) is 0 Å². The van der Waals surface area contributed by atoms with E-state index in [-0.39, 0.29) is 52.3 Å². The minimum atomic E-state index is -3.78. The van der Waals surface area contributed by atoms with E-state index in [1.165, 1.54) is 17.7 Å². The van der Waals surface area contributed by atoms with E-state index in [0.717, 1.165) is 18.4 Å². The lowest BCUT2D eigenvalue weighted by atomic mass is 10.0. The van der Waals surface area contributed by atoms with E-state index in [1.807, 2.05) is 6.92 Å². The van der Waals surface area contributed by atoms with Crippen LogP contribution in [0.4, 0.5) is 15.9 Å². The lowest BCUT2D eigenvalue weighted by molar-refractivity contribution is 0.134. The average molecular weight is 562 g/mol. The molecule has 2 aromatic rings. The van der Waals surface area contributed by atoms with Gasteiger partial charge in [-0.2, -0.15) is 8.42 Å². The maximum absolute atomic E-state index is 14.9. The largest absolute Gasteiger partial charge is 0.456 e. The highest BCUT2D eigenvalue weighted by molar-refractivity contribution is 7.90. The molecule has 2 aliphatic carbocycles. The number of ether oxygens (including phenoxy) is 1. The molecule has 1 heterocycles. The van der Waals surface area contributed by atoms with Crippen LogP contribution in [0.15, 0.2) is 46.2 Å². The Morgan fingerprint density at radius 1 is 1.18 bits per heavy atom. The van der Waals surface area contributed by atoms with Crippen LogP contribution in [0.5, 0.6) is 11.5 Å². The van der Waals surface area contributed by atoms with E-state index in [1.54, 1.807) is 39.0 Å². The Bertz CT molecular complexity index is 1490.